The number of nitrogens with one attached hydrogen (secondary N) is 2. The van der Waals surface area contributed by atoms with E-state index >= 15 is 0 Å². The van der Waals surface area contributed by atoms with E-state index in [4.69, 9.17) is 5.10 Å². The monoisotopic (exact) mass is 442 g/mol. The second-order valence-corrected chi connectivity index (χ2v) is 9.37. The van der Waals surface area contributed by atoms with Crippen molar-refractivity contribution >= 4 is 17.3 Å². The molecule has 33 heavy (non-hydrogen) atoms. The zero-order valence-corrected chi connectivity index (χ0v) is 19.0. The quantitative estimate of drug-likeness (QED) is 0.477. The molecular weight excluding hydrogens is 412 g/mol. The van der Waals surface area contributed by atoms with Crippen molar-refractivity contribution in [3.05, 3.63) is 54.2 Å². The minimum absolute atomic E-state index is 0.507. The van der Waals surface area contributed by atoms with Gasteiger partial charge in [0, 0.05) is 36.5 Å². The first-order valence-electron chi connectivity index (χ1n) is 12.1. The molecule has 1 aliphatic heterocycles. The van der Waals surface area contributed by atoms with Gasteiger partial charge >= 0.3 is 0 Å². The molecule has 2 aliphatic rings. The lowest BCUT2D eigenvalue weighted by atomic mass is 9.91. The van der Waals surface area contributed by atoms with Gasteiger partial charge in [-0.15, -0.1) is 5.10 Å². The van der Waals surface area contributed by atoms with Crippen LogP contribution in [0.3, 0.4) is 0 Å². The summed E-state index contributed by atoms with van der Waals surface area (Å²) in [6, 6.07) is 6.42. The molecule has 4 aromatic heterocycles. The molecule has 1 aliphatic carbocycles. The van der Waals surface area contributed by atoms with E-state index in [1.54, 1.807) is 0 Å². The molecule has 1 saturated carbocycles. The molecular formula is C25H30N8. The Morgan fingerprint density at radius 2 is 1.82 bits per heavy atom. The molecule has 0 amide bonds. The number of piperidine rings is 1. The van der Waals surface area contributed by atoms with Crippen molar-refractivity contribution in [2.24, 2.45) is 7.05 Å². The first kappa shape index (κ1) is 20.4. The predicted molar refractivity (Wildman–Crippen MR) is 129 cm³/mol. The lowest BCUT2D eigenvalue weighted by molar-refractivity contribution is 0.459. The van der Waals surface area contributed by atoms with Gasteiger partial charge in [0.25, 0.3) is 0 Å². The van der Waals surface area contributed by atoms with Gasteiger partial charge in [0.2, 0.25) is 5.95 Å². The number of aryl methyl sites for hydroxylation is 1. The van der Waals surface area contributed by atoms with Gasteiger partial charge in [0.1, 0.15) is 5.82 Å². The Hall–Kier alpha value is -3.26. The fourth-order valence-electron chi connectivity index (χ4n) is 5.42. The molecule has 5 heterocycles. The van der Waals surface area contributed by atoms with Crippen molar-refractivity contribution in [3.63, 3.8) is 0 Å². The number of hydrogen-bond donors (Lipinski definition) is 2. The van der Waals surface area contributed by atoms with Crippen LogP contribution >= 0.6 is 0 Å². The predicted octanol–water partition coefficient (Wildman–Crippen LogP) is 4.39. The van der Waals surface area contributed by atoms with Gasteiger partial charge < -0.3 is 10.6 Å². The largest absolute Gasteiger partial charge is 0.317 e. The zero-order chi connectivity index (χ0) is 22.2. The van der Waals surface area contributed by atoms with Crippen LogP contribution in [0.4, 0.5) is 11.8 Å². The Labute approximate surface area is 193 Å². The average Bonchev–Trinajstić information content (AvgIpc) is 3.59. The SMILES string of the molecule is Cn1cc(-c2cc3cnc(Nc4ccc(C5CCNCC5)cn4)nn3c2C2CCCC2)cn1. The summed E-state index contributed by atoms with van der Waals surface area (Å²) in [5, 5.41) is 16.0. The summed E-state index contributed by atoms with van der Waals surface area (Å²) in [6.45, 7) is 2.17. The smallest absolute Gasteiger partial charge is 0.246 e. The topological polar surface area (TPSA) is 85.0 Å². The van der Waals surface area contributed by atoms with Gasteiger partial charge in [-0.25, -0.2) is 14.5 Å². The van der Waals surface area contributed by atoms with Gasteiger partial charge in [0.05, 0.1) is 23.6 Å². The van der Waals surface area contributed by atoms with E-state index in [0.717, 1.165) is 30.0 Å². The highest BCUT2D eigenvalue weighted by Gasteiger charge is 2.26. The summed E-state index contributed by atoms with van der Waals surface area (Å²) >= 11 is 0. The minimum atomic E-state index is 0.507. The van der Waals surface area contributed by atoms with Crippen molar-refractivity contribution < 1.29 is 0 Å². The number of fused-ring (bicyclic) bond motifs is 1. The normalized spacial score (nSPS) is 17.7. The fraction of sp³-hybridized carbons (Fsp3) is 0.440. The molecule has 1 saturated heterocycles. The molecule has 170 valence electrons. The maximum Gasteiger partial charge on any atom is 0.246 e. The Morgan fingerprint density at radius 1 is 0.970 bits per heavy atom. The Balaban J connectivity index is 1.32. The lowest BCUT2D eigenvalue weighted by Gasteiger charge is -2.22. The van der Waals surface area contributed by atoms with Crippen LogP contribution in [0.2, 0.25) is 0 Å². The summed E-state index contributed by atoms with van der Waals surface area (Å²) in [6.07, 6.45) is 15.2. The first-order valence-corrected chi connectivity index (χ1v) is 12.1. The fourth-order valence-corrected chi connectivity index (χ4v) is 5.42. The Morgan fingerprint density at radius 3 is 2.55 bits per heavy atom. The summed E-state index contributed by atoms with van der Waals surface area (Å²) < 4.78 is 3.94. The molecule has 8 heteroatoms. The maximum atomic E-state index is 4.90. The standard InChI is InChI=1S/C25H30N8/c1-32-16-20(14-29-32)22-12-21-15-28-25(31-33(21)24(22)18-4-2-3-5-18)30-23-7-6-19(13-27-23)17-8-10-26-11-9-17/h6-7,12-18,26H,2-5,8-11H2,1H3,(H,27,30,31). The molecule has 6 rings (SSSR count). The second kappa shape index (κ2) is 8.59. The number of nitrogens with zero attached hydrogens (tertiary/aromatic N) is 6. The van der Waals surface area contributed by atoms with Gasteiger partial charge in [-0.05, 0) is 62.4 Å². The molecule has 0 spiro atoms. The molecule has 0 atom stereocenters. The van der Waals surface area contributed by atoms with E-state index in [1.807, 2.05) is 36.4 Å². The third kappa shape index (κ3) is 3.99. The molecule has 2 N–H and O–H groups in total. The summed E-state index contributed by atoms with van der Waals surface area (Å²) in [7, 11) is 1.96. The minimum Gasteiger partial charge on any atom is -0.317 e. The molecule has 0 bridgehead atoms. The van der Waals surface area contributed by atoms with Gasteiger partial charge in [-0.2, -0.15) is 5.10 Å². The van der Waals surface area contributed by atoms with E-state index in [-0.39, 0.29) is 0 Å². The Bertz CT molecular complexity index is 1240. The van der Waals surface area contributed by atoms with Crippen LogP contribution < -0.4 is 10.6 Å². The van der Waals surface area contributed by atoms with Gasteiger partial charge in [0.15, 0.2) is 0 Å². The van der Waals surface area contributed by atoms with Crippen LogP contribution in [-0.4, -0.2) is 42.5 Å². The van der Waals surface area contributed by atoms with E-state index in [1.165, 1.54) is 55.3 Å². The highest BCUT2D eigenvalue weighted by Crippen LogP contribution is 2.40. The molecule has 0 unspecified atom stereocenters. The van der Waals surface area contributed by atoms with Crippen molar-refractivity contribution in [1.82, 2.24) is 34.7 Å². The van der Waals surface area contributed by atoms with Gasteiger partial charge in [-0.1, -0.05) is 18.9 Å². The van der Waals surface area contributed by atoms with Crippen LogP contribution in [0.15, 0.2) is 43.0 Å². The third-order valence-corrected chi connectivity index (χ3v) is 7.15. The van der Waals surface area contributed by atoms with Crippen LogP contribution in [0.25, 0.3) is 16.6 Å². The molecule has 8 nitrogen and oxygen atoms in total. The number of hydrogen-bond acceptors (Lipinski definition) is 6. The molecule has 0 aromatic carbocycles. The number of anilines is 2. The second-order valence-electron chi connectivity index (χ2n) is 9.37. The zero-order valence-electron chi connectivity index (χ0n) is 19.0. The third-order valence-electron chi connectivity index (χ3n) is 7.15. The van der Waals surface area contributed by atoms with Crippen LogP contribution in [0.5, 0.6) is 0 Å². The lowest BCUT2D eigenvalue weighted by Crippen LogP contribution is -2.26. The molecule has 2 fully saturated rings. The highest BCUT2D eigenvalue weighted by molar-refractivity contribution is 5.73. The number of rotatable bonds is 5. The number of aromatic nitrogens is 6. The van der Waals surface area contributed by atoms with Crippen molar-refractivity contribution in [2.45, 2.75) is 50.4 Å². The first-order chi connectivity index (χ1) is 16.2. The van der Waals surface area contributed by atoms with Crippen LogP contribution in [0.1, 0.15) is 61.6 Å². The summed E-state index contributed by atoms with van der Waals surface area (Å²) in [4.78, 5) is 9.24. The van der Waals surface area contributed by atoms with Crippen molar-refractivity contribution in [2.75, 3.05) is 18.4 Å². The van der Waals surface area contributed by atoms with E-state index in [0.29, 0.717) is 17.8 Å². The van der Waals surface area contributed by atoms with E-state index < -0.39 is 0 Å². The van der Waals surface area contributed by atoms with Crippen molar-refractivity contribution in [1.29, 1.82) is 0 Å². The average molecular weight is 443 g/mol. The van der Waals surface area contributed by atoms with E-state index in [2.05, 4.69) is 48.5 Å². The van der Waals surface area contributed by atoms with Crippen molar-refractivity contribution in [3.8, 4) is 11.1 Å². The van der Waals surface area contributed by atoms with Crippen LogP contribution in [0, 0.1) is 0 Å². The number of pyridine rings is 1. The highest BCUT2D eigenvalue weighted by atomic mass is 15.3. The summed E-state index contributed by atoms with van der Waals surface area (Å²) in [5.41, 5.74) is 5.94. The Kier molecular flexibility index (Phi) is 5.30. The molecule has 4 aromatic rings. The summed E-state index contributed by atoms with van der Waals surface area (Å²) in [5.74, 6) is 2.44. The maximum absolute atomic E-state index is 4.90. The van der Waals surface area contributed by atoms with E-state index in [9.17, 15) is 0 Å². The molecule has 0 radical (unpaired) electrons. The van der Waals surface area contributed by atoms with Gasteiger partial charge in [-0.3, -0.25) is 4.68 Å². The van der Waals surface area contributed by atoms with Crippen LogP contribution in [-0.2, 0) is 7.05 Å².